The number of alkyl halides is 3. The second-order valence-corrected chi connectivity index (χ2v) is 11.6. The fraction of sp³-hybridized carbons (Fsp3) is 0.444. The highest BCUT2D eigenvalue weighted by molar-refractivity contribution is 7.98. The average Bonchev–Trinajstić information content (AvgIpc) is 3.15. The second kappa shape index (κ2) is 11.0. The number of hydrogen-bond donors (Lipinski definition) is 0. The van der Waals surface area contributed by atoms with Crippen molar-refractivity contribution in [3.05, 3.63) is 42.2 Å². The number of imidazole rings is 1. The maximum absolute atomic E-state index is 13.1. The number of hydrogen-bond acceptors (Lipinski definition) is 7. The van der Waals surface area contributed by atoms with Gasteiger partial charge in [-0.2, -0.15) is 0 Å². The van der Waals surface area contributed by atoms with Gasteiger partial charge in [-0.3, -0.25) is 0 Å². The molecule has 0 aliphatic heterocycles. The van der Waals surface area contributed by atoms with Gasteiger partial charge in [-0.25, -0.2) is 19.5 Å². The van der Waals surface area contributed by atoms with E-state index in [2.05, 4.69) is 9.72 Å². The highest BCUT2D eigenvalue weighted by Crippen LogP contribution is 2.38. The maximum atomic E-state index is 13.1. The number of carbonyl (C=O) groups excluding carboxylic acids is 2. The normalized spacial score (nSPS) is 12.4. The van der Waals surface area contributed by atoms with Crippen LogP contribution in [-0.2, 0) is 23.1 Å². The summed E-state index contributed by atoms with van der Waals surface area (Å²) in [7, 11) is 1.81. The summed E-state index contributed by atoms with van der Waals surface area (Å²) in [6.45, 7) is 9.97. The zero-order valence-corrected chi connectivity index (χ0v) is 23.9. The number of fused-ring (bicyclic) bond motifs is 1. The molecule has 0 aliphatic rings. The molecule has 1 heterocycles. The van der Waals surface area contributed by atoms with Crippen molar-refractivity contribution in [3.8, 4) is 16.9 Å². The first-order valence-corrected chi connectivity index (χ1v) is 13.2. The predicted molar refractivity (Wildman–Crippen MR) is 143 cm³/mol. The molecule has 3 rings (SSSR count). The van der Waals surface area contributed by atoms with Gasteiger partial charge in [-0.1, -0.05) is 12.1 Å². The van der Waals surface area contributed by atoms with Crippen molar-refractivity contribution in [1.29, 1.82) is 0 Å². The van der Waals surface area contributed by atoms with Gasteiger partial charge in [0.15, 0.2) is 0 Å². The topological polar surface area (TPSA) is 82.9 Å². The van der Waals surface area contributed by atoms with Crippen LogP contribution < -0.4 is 4.74 Å². The van der Waals surface area contributed by atoms with E-state index in [0.29, 0.717) is 22.2 Å². The Morgan fingerprint density at radius 2 is 1.51 bits per heavy atom. The van der Waals surface area contributed by atoms with E-state index in [0.717, 1.165) is 15.3 Å². The molecular formula is C27H32F3N3O5S. The number of carbonyl (C=O) groups is 2. The largest absolute Gasteiger partial charge is 0.573 e. The van der Waals surface area contributed by atoms with E-state index < -0.39 is 29.8 Å². The van der Waals surface area contributed by atoms with Gasteiger partial charge < -0.3 is 18.8 Å². The lowest BCUT2D eigenvalue weighted by molar-refractivity contribution is -0.274. The van der Waals surface area contributed by atoms with E-state index >= 15 is 0 Å². The van der Waals surface area contributed by atoms with Crippen LogP contribution in [0.2, 0.25) is 0 Å². The molecule has 39 heavy (non-hydrogen) atoms. The molecule has 212 valence electrons. The Balaban J connectivity index is 2.14. The lowest BCUT2D eigenvalue weighted by Crippen LogP contribution is -2.43. The first-order valence-electron chi connectivity index (χ1n) is 12.0. The van der Waals surface area contributed by atoms with Gasteiger partial charge in [0.1, 0.15) is 17.0 Å². The van der Waals surface area contributed by atoms with E-state index in [-0.39, 0.29) is 12.3 Å². The van der Waals surface area contributed by atoms with Crippen LogP contribution in [0.25, 0.3) is 22.2 Å². The summed E-state index contributed by atoms with van der Waals surface area (Å²) in [5.41, 5.74) is 1.39. The molecule has 1 aromatic heterocycles. The molecule has 0 unspecified atom stereocenters. The molecule has 3 aromatic rings. The van der Waals surface area contributed by atoms with Gasteiger partial charge in [-0.15, -0.1) is 24.9 Å². The fourth-order valence-electron chi connectivity index (χ4n) is 3.76. The molecular weight excluding hydrogens is 535 g/mol. The second-order valence-electron chi connectivity index (χ2n) is 10.8. The minimum absolute atomic E-state index is 0.177. The number of thioether (sulfide) groups is 1. The summed E-state index contributed by atoms with van der Waals surface area (Å²) >= 11 is 1.41. The van der Waals surface area contributed by atoms with Crippen LogP contribution in [-0.4, -0.2) is 50.5 Å². The summed E-state index contributed by atoms with van der Waals surface area (Å²) in [4.78, 5) is 32.5. The Labute approximate surface area is 229 Å². The third-order valence-corrected chi connectivity index (χ3v) is 6.04. The molecule has 2 amide bonds. The molecule has 0 bridgehead atoms. The van der Waals surface area contributed by atoms with Gasteiger partial charge in [-0.05, 0) is 77.1 Å². The Hall–Kier alpha value is -3.41. The predicted octanol–water partition coefficient (Wildman–Crippen LogP) is 7.53. The van der Waals surface area contributed by atoms with Crippen molar-refractivity contribution in [2.24, 2.45) is 7.05 Å². The first kappa shape index (κ1) is 30.1. The van der Waals surface area contributed by atoms with Gasteiger partial charge in [0, 0.05) is 17.5 Å². The van der Waals surface area contributed by atoms with E-state index in [1.165, 1.54) is 36.0 Å². The van der Waals surface area contributed by atoms with Crippen molar-refractivity contribution in [3.63, 3.8) is 0 Å². The van der Waals surface area contributed by atoms with E-state index in [1.54, 1.807) is 58.5 Å². The van der Waals surface area contributed by atoms with Crippen LogP contribution in [0, 0.1) is 0 Å². The summed E-state index contributed by atoms with van der Waals surface area (Å²) < 4.78 is 54.8. The fourth-order valence-corrected chi connectivity index (χ4v) is 4.58. The zero-order valence-electron chi connectivity index (χ0n) is 23.1. The minimum atomic E-state index is -4.81. The van der Waals surface area contributed by atoms with Gasteiger partial charge >= 0.3 is 18.5 Å². The quantitative estimate of drug-likeness (QED) is 0.295. The Morgan fingerprint density at radius 3 is 1.97 bits per heavy atom. The number of aromatic nitrogens is 2. The van der Waals surface area contributed by atoms with E-state index in [9.17, 15) is 22.8 Å². The summed E-state index contributed by atoms with van der Waals surface area (Å²) in [5, 5.41) is 0. The molecule has 0 saturated heterocycles. The number of halogens is 3. The van der Waals surface area contributed by atoms with E-state index in [1.807, 2.05) is 13.3 Å². The third kappa shape index (κ3) is 7.81. The Kier molecular flexibility index (Phi) is 8.49. The number of ether oxygens (including phenoxy) is 3. The van der Waals surface area contributed by atoms with Gasteiger partial charge in [0.05, 0.1) is 23.9 Å². The average molecular weight is 568 g/mol. The molecule has 12 heteroatoms. The number of rotatable bonds is 5. The van der Waals surface area contributed by atoms with Crippen molar-refractivity contribution >= 4 is 35.0 Å². The van der Waals surface area contributed by atoms with Crippen LogP contribution in [0.1, 0.15) is 47.1 Å². The number of aryl methyl sites for hydroxylation is 1. The number of amides is 2. The lowest BCUT2D eigenvalue weighted by atomic mass is 10.0. The molecule has 0 N–H and O–H groups in total. The van der Waals surface area contributed by atoms with Crippen molar-refractivity contribution in [2.45, 2.75) is 70.5 Å². The summed E-state index contributed by atoms with van der Waals surface area (Å²) in [6, 6.07) is 7.18. The molecule has 0 aliphatic carbocycles. The Bertz CT molecular complexity index is 1330. The standard InChI is InChI=1S/C27H32F3N3O5S/c1-25(2,3)37-23(34)33(24(35)38-26(4,5)6)14-17-13-19(20-21(22(17)39-8)32(7)15-31-20)16-9-11-18(12-10-16)36-27(28,29)30/h9-13,15H,14H2,1-8H3. The van der Waals surface area contributed by atoms with Crippen molar-refractivity contribution in [2.75, 3.05) is 6.26 Å². The van der Waals surface area contributed by atoms with Crippen LogP contribution in [0.3, 0.4) is 0 Å². The van der Waals surface area contributed by atoms with Gasteiger partial charge in [0.25, 0.3) is 0 Å². The minimum Gasteiger partial charge on any atom is -0.443 e. The molecule has 2 aromatic carbocycles. The Morgan fingerprint density at radius 1 is 0.974 bits per heavy atom. The smallest absolute Gasteiger partial charge is 0.443 e. The van der Waals surface area contributed by atoms with Crippen LogP contribution in [0.5, 0.6) is 5.75 Å². The van der Waals surface area contributed by atoms with Crippen LogP contribution in [0.15, 0.2) is 41.6 Å². The lowest BCUT2D eigenvalue weighted by Gasteiger charge is -2.29. The molecule has 0 fully saturated rings. The maximum Gasteiger partial charge on any atom is 0.573 e. The number of nitrogens with zero attached hydrogens (tertiary/aromatic N) is 3. The zero-order chi connectivity index (χ0) is 29.3. The summed E-state index contributed by atoms with van der Waals surface area (Å²) in [5.74, 6) is -0.356. The number of imide groups is 1. The monoisotopic (exact) mass is 567 g/mol. The molecule has 0 atom stereocenters. The molecule has 0 radical (unpaired) electrons. The molecule has 8 nitrogen and oxygen atoms in total. The SMILES string of the molecule is CSc1c(CN(C(=O)OC(C)(C)C)C(=O)OC(C)(C)C)cc(-c2ccc(OC(F)(F)F)cc2)c2ncn(C)c12. The van der Waals surface area contributed by atoms with Crippen LogP contribution >= 0.6 is 11.8 Å². The van der Waals surface area contributed by atoms with Crippen molar-refractivity contribution in [1.82, 2.24) is 14.5 Å². The van der Waals surface area contributed by atoms with Gasteiger partial charge in [0.2, 0.25) is 0 Å². The summed E-state index contributed by atoms with van der Waals surface area (Å²) in [6.07, 6.45) is -3.07. The van der Waals surface area contributed by atoms with Crippen molar-refractivity contribution < 1.29 is 37.0 Å². The highest BCUT2D eigenvalue weighted by Gasteiger charge is 2.33. The molecule has 0 saturated carbocycles. The highest BCUT2D eigenvalue weighted by atomic mass is 32.2. The third-order valence-electron chi connectivity index (χ3n) is 5.18. The molecule has 0 spiro atoms. The first-order chi connectivity index (χ1) is 17.9. The van der Waals surface area contributed by atoms with Crippen LogP contribution in [0.4, 0.5) is 22.8 Å². The van der Waals surface area contributed by atoms with E-state index in [4.69, 9.17) is 9.47 Å². The number of benzene rings is 2.